The number of benzene rings is 1. The van der Waals surface area contributed by atoms with Gasteiger partial charge in [0.25, 0.3) is 0 Å². The topological polar surface area (TPSA) is 30.3 Å². The third kappa shape index (κ3) is 4.69. The van der Waals surface area contributed by atoms with Crippen molar-refractivity contribution >= 4 is 0 Å². The molecule has 7 heteroatoms. The van der Waals surface area contributed by atoms with Crippen LogP contribution in [0.4, 0.5) is 17.6 Å². The van der Waals surface area contributed by atoms with Crippen LogP contribution in [-0.2, 0) is 6.54 Å². The molecule has 0 aliphatic carbocycles. The Morgan fingerprint density at radius 3 is 2.29 bits per heavy atom. The Morgan fingerprint density at radius 1 is 1.10 bits per heavy atom. The Kier molecular flexibility index (Phi) is 4.80. The molecule has 0 bridgehead atoms. The molecule has 21 heavy (non-hydrogen) atoms. The van der Waals surface area contributed by atoms with Gasteiger partial charge in [0.1, 0.15) is 5.82 Å². The molecule has 1 aromatic carbocycles. The summed E-state index contributed by atoms with van der Waals surface area (Å²) in [5.74, 6) is -0.417. The van der Waals surface area contributed by atoms with Gasteiger partial charge in [-0.3, -0.25) is 9.80 Å². The number of piperazine rings is 1. The van der Waals surface area contributed by atoms with Crippen molar-refractivity contribution in [3.8, 4) is 6.07 Å². The van der Waals surface area contributed by atoms with E-state index in [1.54, 1.807) is 0 Å². The average Bonchev–Trinajstić information content (AvgIpc) is 2.40. The molecule has 1 aliphatic rings. The molecule has 0 aromatic heterocycles. The summed E-state index contributed by atoms with van der Waals surface area (Å²) in [6.45, 7) is 1.05. The maximum absolute atomic E-state index is 13.2. The number of halogens is 4. The van der Waals surface area contributed by atoms with Crippen molar-refractivity contribution in [1.29, 1.82) is 5.26 Å². The summed E-state index contributed by atoms with van der Waals surface area (Å²) < 4.78 is 50.1. The van der Waals surface area contributed by atoms with Crippen LogP contribution >= 0.6 is 0 Å². The molecule has 3 nitrogen and oxygen atoms in total. The van der Waals surface area contributed by atoms with Crippen LogP contribution in [0.1, 0.15) is 11.1 Å². The van der Waals surface area contributed by atoms with Gasteiger partial charge in [-0.25, -0.2) is 4.39 Å². The number of alkyl halides is 3. The van der Waals surface area contributed by atoms with Gasteiger partial charge < -0.3 is 0 Å². The number of hydrogen-bond donors (Lipinski definition) is 0. The number of nitriles is 1. The molecule has 1 fully saturated rings. The van der Waals surface area contributed by atoms with E-state index in [2.05, 4.69) is 0 Å². The molecule has 2 rings (SSSR count). The molecule has 1 aliphatic heterocycles. The second kappa shape index (κ2) is 6.41. The summed E-state index contributed by atoms with van der Waals surface area (Å²) in [5, 5.41) is 8.98. The lowest BCUT2D eigenvalue weighted by Crippen LogP contribution is -2.48. The molecule has 0 amide bonds. The Balaban J connectivity index is 1.92. The van der Waals surface area contributed by atoms with Gasteiger partial charge in [-0.15, -0.1) is 0 Å². The Bertz CT molecular complexity index is 528. The zero-order valence-electron chi connectivity index (χ0n) is 11.3. The monoisotopic (exact) mass is 301 g/mol. The highest BCUT2D eigenvalue weighted by atomic mass is 19.4. The van der Waals surface area contributed by atoms with Crippen molar-refractivity contribution in [1.82, 2.24) is 9.80 Å². The first kappa shape index (κ1) is 15.7. The SMILES string of the molecule is N#Cc1ccc(F)cc1CN1CCN(CC(F)(F)F)CC1. The zero-order chi connectivity index (χ0) is 15.5. The molecule has 1 saturated heterocycles. The second-order valence-electron chi connectivity index (χ2n) is 5.08. The van der Waals surface area contributed by atoms with Gasteiger partial charge in [0.2, 0.25) is 0 Å². The van der Waals surface area contributed by atoms with Gasteiger partial charge in [0.05, 0.1) is 18.2 Å². The first-order valence-electron chi connectivity index (χ1n) is 6.57. The first-order chi connectivity index (χ1) is 9.87. The molecule has 0 radical (unpaired) electrons. The number of hydrogen-bond acceptors (Lipinski definition) is 3. The summed E-state index contributed by atoms with van der Waals surface area (Å²) in [7, 11) is 0. The van der Waals surface area contributed by atoms with E-state index in [0.717, 1.165) is 0 Å². The predicted octanol–water partition coefficient (Wildman–Crippen LogP) is 2.38. The van der Waals surface area contributed by atoms with Crippen LogP contribution in [0.2, 0.25) is 0 Å². The molecule has 0 saturated carbocycles. The fraction of sp³-hybridized carbons (Fsp3) is 0.500. The van der Waals surface area contributed by atoms with Crippen molar-refractivity contribution in [2.75, 3.05) is 32.7 Å². The molecule has 0 N–H and O–H groups in total. The Morgan fingerprint density at radius 2 is 1.71 bits per heavy atom. The minimum Gasteiger partial charge on any atom is -0.296 e. The lowest BCUT2D eigenvalue weighted by molar-refractivity contribution is -0.149. The van der Waals surface area contributed by atoms with Crippen LogP contribution in [0.15, 0.2) is 18.2 Å². The van der Waals surface area contributed by atoms with E-state index in [4.69, 9.17) is 5.26 Å². The van der Waals surface area contributed by atoms with E-state index in [1.165, 1.54) is 23.1 Å². The molecule has 1 heterocycles. The summed E-state index contributed by atoms with van der Waals surface area (Å²) >= 11 is 0. The quantitative estimate of drug-likeness (QED) is 0.803. The van der Waals surface area contributed by atoms with Crippen LogP contribution in [0.3, 0.4) is 0 Å². The van der Waals surface area contributed by atoms with Crippen molar-refractivity contribution in [3.63, 3.8) is 0 Å². The van der Waals surface area contributed by atoms with Crippen molar-refractivity contribution in [3.05, 3.63) is 35.1 Å². The Labute approximate surface area is 120 Å². The van der Waals surface area contributed by atoms with Crippen LogP contribution in [0.5, 0.6) is 0 Å². The average molecular weight is 301 g/mol. The molecule has 0 unspecified atom stereocenters. The fourth-order valence-electron chi connectivity index (χ4n) is 2.40. The first-order valence-corrected chi connectivity index (χ1v) is 6.57. The second-order valence-corrected chi connectivity index (χ2v) is 5.08. The van der Waals surface area contributed by atoms with Crippen LogP contribution < -0.4 is 0 Å². The van der Waals surface area contributed by atoms with Crippen molar-refractivity contribution in [2.24, 2.45) is 0 Å². The van der Waals surface area contributed by atoms with Gasteiger partial charge in [-0.1, -0.05) is 0 Å². The molecule has 0 spiro atoms. The molecule has 0 atom stereocenters. The predicted molar refractivity (Wildman–Crippen MR) is 68.9 cm³/mol. The number of nitrogens with zero attached hydrogens (tertiary/aromatic N) is 3. The minimum atomic E-state index is -4.18. The van der Waals surface area contributed by atoms with E-state index in [1.807, 2.05) is 11.0 Å². The van der Waals surface area contributed by atoms with Crippen molar-refractivity contribution in [2.45, 2.75) is 12.7 Å². The summed E-state index contributed by atoms with van der Waals surface area (Å²) in [4.78, 5) is 3.29. The van der Waals surface area contributed by atoms with Gasteiger partial charge >= 0.3 is 6.18 Å². The maximum atomic E-state index is 13.2. The van der Waals surface area contributed by atoms with Crippen LogP contribution in [-0.4, -0.2) is 48.7 Å². The van der Waals surface area contributed by atoms with Gasteiger partial charge in [0.15, 0.2) is 0 Å². The smallest absolute Gasteiger partial charge is 0.296 e. The van der Waals surface area contributed by atoms with Crippen molar-refractivity contribution < 1.29 is 17.6 Å². The normalized spacial score (nSPS) is 17.7. The summed E-state index contributed by atoms with van der Waals surface area (Å²) in [6, 6.07) is 5.95. The van der Waals surface area contributed by atoms with E-state index >= 15 is 0 Å². The van der Waals surface area contributed by atoms with Crippen LogP contribution in [0, 0.1) is 17.1 Å². The van der Waals surface area contributed by atoms with Crippen LogP contribution in [0.25, 0.3) is 0 Å². The molecule has 1 aromatic rings. The van der Waals surface area contributed by atoms with Gasteiger partial charge in [0, 0.05) is 32.7 Å². The molecule has 114 valence electrons. The standard InChI is InChI=1S/C14H15F4N3/c15-13-2-1-11(8-19)12(7-13)9-20-3-5-21(6-4-20)10-14(16,17)18/h1-2,7H,3-6,9-10H2. The zero-order valence-corrected chi connectivity index (χ0v) is 11.3. The summed E-state index contributed by atoms with van der Waals surface area (Å²) in [6.07, 6.45) is -4.18. The third-order valence-electron chi connectivity index (χ3n) is 3.45. The van der Waals surface area contributed by atoms with E-state index in [-0.39, 0.29) is 0 Å². The van der Waals surface area contributed by atoms with Gasteiger partial charge in [-0.05, 0) is 23.8 Å². The highest BCUT2D eigenvalue weighted by molar-refractivity contribution is 5.37. The minimum absolute atomic E-state index is 0.316. The van der Waals surface area contributed by atoms with E-state index in [0.29, 0.717) is 43.9 Å². The Hall–Kier alpha value is -1.65. The summed E-state index contributed by atoms with van der Waals surface area (Å²) in [5.41, 5.74) is 0.968. The lowest BCUT2D eigenvalue weighted by atomic mass is 10.1. The lowest BCUT2D eigenvalue weighted by Gasteiger charge is -2.35. The highest BCUT2D eigenvalue weighted by Gasteiger charge is 2.32. The number of rotatable bonds is 3. The van der Waals surface area contributed by atoms with Gasteiger partial charge in [-0.2, -0.15) is 18.4 Å². The molecular formula is C14H15F4N3. The van der Waals surface area contributed by atoms with E-state index < -0.39 is 18.5 Å². The third-order valence-corrected chi connectivity index (χ3v) is 3.45. The highest BCUT2D eigenvalue weighted by Crippen LogP contribution is 2.19. The maximum Gasteiger partial charge on any atom is 0.401 e. The largest absolute Gasteiger partial charge is 0.401 e. The molecular weight excluding hydrogens is 286 g/mol. The van der Waals surface area contributed by atoms with E-state index in [9.17, 15) is 17.6 Å². The fourth-order valence-corrected chi connectivity index (χ4v) is 2.40.